The van der Waals surface area contributed by atoms with Crippen molar-refractivity contribution in [2.75, 3.05) is 38.1 Å². The average molecular weight is 369 g/mol. The summed E-state index contributed by atoms with van der Waals surface area (Å²) in [6, 6.07) is 9.18. The lowest BCUT2D eigenvalue weighted by Crippen LogP contribution is -2.48. The number of carbonyl (C=O) groups excluding carboxylic acids is 2. The molecule has 0 unspecified atom stereocenters. The van der Waals surface area contributed by atoms with Gasteiger partial charge in [-0.2, -0.15) is 0 Å². The SMILES string of the molecule is CCOc1ccc(Nc2cc(C(=O)N3CCN(C=O)CC3)nc(C)n2)cc1. The summed E-state index contributed by atoms with van der Waals surface area (Å²) in [5.41, 5.74) is 1.19. The van der Waals surface area contributed by atoms with E-state index in [0.717, 1.165) is 17.8 Å². The van der Waals surface area contributed by atoms with E-state index in [2.05, 4.69) is 15.3 Å². The first kappa shape index (κ1) is 18.6. The predicted molar refractivity (Wildman–Crippen MR) is 101 cm³/mol. The number of benzene rings is 1. The van der Waals surface area contributed by atoms with Gasteiger partial charge in [0.15, 0.2) is 0 Å². The molecule has 1 aliphatic rings. The van der Waals surface area contributed by atoms with Gasteiger partial charge in [0.2, 0.25) is 6.41 Å². The molecule has 2 amide bonds. The Hall–Kier alpha value is -3.16. The van der Waals surface area contributed by atoms with Crippen molar-refractivity contribution in [3.63, 3.8) is 0 Å². The van der Waals surface area contributed by atoms with Gasteiger partial charge in [-0.05, 0) is 38.1 Å². The Labute approximate surface area is 158 Å². The van der Waals surface area contributed by atoms with Gasteiger partial charge < -0.3 is 19.9 Å². The number of aryl methyl sites for hydroxylation is 1. The quantitative estimate of drug-likeness (QED) is 0.782. The monoisotopic (exact) mass is 369 g/mol. The summed E-state index contributed by atoms with van der Waals surface area (Å²) in [6.45, 7) is 6.39. The molecule has 0 saturated carbocycles. The summed E-state index contributed by atoms with van der Waals surface area (Å²) in [7, 11) is 0. The summed E-state index contributed by atoms with van der Waals surface area (Å²) >= 11 is 0. The van der Waals surface area contributed by atoms with E-state index in [1.165, 1.54) is 0 Å². The zero-order chi connectivity index (χ0) is 19.2. The fourth-order valence-corrected chi connectivity index (χ4v) is 2.88. The van der Waals surface area contributed by atoms with Crippen molar-refractivity contribution in [1.82, 2.24) is 19.8 Å². The molecule has 142 valence electrons. The lowest BCUT2D eigenvalue weighted by Gasteiger charge is -2.32. The molecule has 0 aliphatic carbocycles. The molecule has 0 radical (unpaired) electrons. The standard InChI is InChI=1S/C19H23N5O3/c1-3-27-16-6-4-15(5-7-16)22-18-12-17(20-14(2)21-18)19(26)24-10-8-23(13-25)9-11-24/h4-7,12-13H,3,8-11H2,1-2H3,(H,20,21,22). The van der Waals surface area contributed by atoms with Gasteiger partial charge in [0.1, 0.15) is 23.1 Å². The summed E-state index contributed by atoms with van der Waals surface area (Å²) in [6.07, 6.45) is 0.815. The van der Waals surface area contributed by atoms with Crippen molar-refractivity contribution in [2.45, 2.75) is 13.8 Å². The van der Waals surface area contributed by atoms with Crippen LogP contribution in [0, 0.1) is 6.92 Å². The average Bonchev–Trinajstić information content (AvgIpc) is 2.69. The van der Waals surface area contributed by atoms with Crippen LogP contribution < -0.4 is 10.1 Å². The number of hydrogen-bond donors (Lipinski definition) is 1. The van der Waals surface area contributed by atoms with E-state index in [-0.39, 0.29) is 5.91 Å². The maximum atomic E-state index is 12.8. The number of piperazine rings is 1. The third kappa shape index (κ3) is 4.72. The van der Waals surface area contributed by atoms with Crippen LogP contribution in [-0.2, 0) is 4.79 Å². The number of anilines is 2. The second kappa shape index (κ2) is 8.48. The fraction of sp³-hybridized carbons (Fsp3) is 0.368. The molecular weight excluding hydrogens is 346 g/mol. The van der Waals surface area contributed by atoms with Gasteiger partial charge >= 0.3 is 0 Å². The van der Waals surface area contributed by atoms with Crippen molar-refractivity contribution in [2.24, 2.45) is 0 Å². The van der Waals surface area contributed by atoms with Crippen LogP contribution in [0.25, 0.3) is 0 Å². The van der Waals surface area contributed by atoms with Crippen LogP contribution in [0.2, 0.25) is 0 Å². The highest BCUT2D eigenvalue weighted by molar-refractivity contribution is 5.93. The van der Waals surface area contributed by atoms with Crippen molar-refractivity contribution >= 4 is 23.8 Å². The van der Waals surface area contributed by atoms with E-state index in [4.69, 9.17) is 4.74 Å². The second-order valence-corrected chi connectivity index (χ2v) is 6.20. The van der Waals surface area contributed by atoms with E-state index in [1.54, 1.807) is 22.8 Å². The Balaban J connectivity index is 1.72. The summed E-state index contributed by atoms with van der Waals surface area (Å²) < 4.78 is 5.43. The number of carbonyl (C=O) groups is 2. The van der Waals surface area contributed by atoms with Gasteiger partial charge in [0.25, 0.3) is 5.91 Å². The summed E-state index contributed by atoms with van der Waals surface area (Å²) in [5, 5.41) is 3.20. The van der Waals surface area contributed by atoms with Gasteiger partial charge in [0, 0.05) is 37.9 Å². The van der Waals surface area contributed by atoms with Crippen molar-refractivity contribution < 1.29 is 14.3 Å². The highest BCUT2D eigenvalue weighted by atomic mass is 16.5. The molecule has 0 spiro atoms. The number of nitrogens with one attached hydrogen (secondary N) is 1. The third-order valence-corrected chi connectivity index (χ3v) is 4.25. The minimum atomic E-state index is -0.152. The van der Waals surface area contributed by atoms with Crippen LogP contribution in [0.1, 0.15) is 23.2 Å². The van der Waals surface area contributed by atoms with Crippen LogP contribution in [0.3, 0.4) is 0 Å². The summed E-state index contributed by atoms with van der Waals surface area (Å²) in [5.74, 6) is 1.72. The van der Waals surface area contributed by atoms with E-state index >= 15 is 0 Å². The van der Waals surface area contributed by atoms with Gasteiger partial charge in [-0.3, -0.25) is 9.59 Å². The highest BCUT2D eigenvalue weighted by Gasteiger charge is 2.23. The number of ether oxygens (including phenoxy) is 1. The maximum Gasteiger partial charge on any atom is 0.272 e. The number of hydrogen-bond acceptors (Lipinski definition) is 6. The van der Waals surface area contributed by atoms with Crippen LogP contribution in [0.4, 0.5) is 11.5 Å². The predicted octanol–water partition coefficient (Wildman–Crippen LogP) is 1.84. The molecule has 1 aliphatic heterocycles. The topological polar surface area (TPSA) is 87.7 Å². The third-order valence-electron chi connectivity index (χ3n) is 4.25. The highest BCUT2D eigenvalue weighted by Crippen LogP contribution is 2.20. The van der Waals surface area contributed by atoms with Crippen LogP contribution in [-0.4, -0.2) is 64.9 Å². The van der Waals surface area contributed by atoms with Crippen LogP contribution in [0.15, 0.2) is 30.3 Å². The van der Waals surface area contributed by atoms with E-state index < -0.39 is 0 Å². The Kier molecular flexibility index (Phi) is 5.85. The normalized spacial score (nSPS) is 14.0. The van der Waals surface area contributed by atoms with Crippen molar-refractivity contribution in [1.29, 1.82) is 0 Å². The van der Waals surface area contributed by atoms with E-state index in [1.807, 2.05) is 31.2 Å². The molecule has 3 rings (SSSR count). The van der Waals surface area contributed by atoms with Gasteiger partial charge in [0.05, 0.1) is 6.61 Å². The molecule has 0 atom stereocenters. The van der Waals surface area contributed by atoms with Gasteiger partial charge in [-0.1, -0.05) is 0 Å². The molecule has 1 N–H and O–H groups in total. The van der Waals surface area contributed by atoms with Crippen molar-refractivity contribution in [3.8, 4) is 5.75 Å². The lowest BCUT2D eigenvalue weighted by molar-refractivity contribution is -0.119. The van der Waals surface area contributed by atoms with Crippen LogP contribution in [0.5, 0.6) is 5.75 Å². The largest absolute Gasteiger partial charge is 0.494 e. The Morgan fingerprint density at radius 2 is 1.89 bits per heavy atom. The zero-order valence-electron chi connectivity index (χ0n) is 15.5. The van der Waals surface area contributed by atoms with E-state index in [9.17, 15) is 9.59 Å². The molecule has 1 saturated heterocycles. The molecule has 27 heavy (non-hydrogen) atoms. The molecule has 1 aromatic heterocycles. The molecule has 8 nitrogen and oxygen atoms in total. The first-order valence-electron chi connectivity index (χ1n) is 8.93. The molecule has 2 heterocycles. The lowest BCUT2D eigenvalue weighted by atomic mass is 10.2. The Morgan fingerprint density at radius 1 is 1.19 bits per heavy atom. The van der Waals surface area contributed by atoms with Gasteiger partial charge in [-0.25, -0.2) is 9.97 Å². The number of rotatable bonds is 6. The Morgan fingerprint density at radius 3 is 2.52 bits per heavy atom. The van der Waals surface area contributed by atoms with Gasteiger partial charge in [-0.15, -0.1) is 0 Å². The molecule has 8 heteroatoms. The number of nitrogens with zero attached hydrogens (tertiary/aromatic N) is 4. The Bertz CT molecular complexity index is 801. The molecule has 0 bridgehead atoms. The van der Waals surface area contributed by atoms with E-state index in [0.29, 0.717) is 50.1 Å². The molecule has 1 fully saturated rings. The zero-order valence-corrected chi connectivity index (χ0v) is 15.5. The maximum absolute atomic E-state index is 12.8. The fourth-order valence-electron chi connectivity index (χ4n) is 2.88. The van der Waals surface area contributed by atoms with Crippen molar-refractivity contribution in [3.05, 3.63) is 41.9 Å². The molecule has 1 aromatic carbocycles. The number of amides is 2. The smallest absolute Gasteiger partial charge is 0.272 e. The first-order chi connectivity index (χ1) is 13.1. The molecule has 2 aromatic rings. The molecular formula is C19H23N5O3. The number of aromatic nitrogens is 2. The second-order valence-electron chi connectivity index (χ2n) is 6.20. The first-order valence-corrected chi connectivity index (χ1v) is 8.93. The summed E-state index contributed by atoms with van der Waals surface area (Å²) in [4.78, 5) is 35.6. The minimum Gasteiger partial charge on any atom is -0.494 e. The van der Waals surface area contributed by atoms with Crippen LogP contribution >= 0.6 is 0 Å². The minimum absolute atomic E-state index is 0.152.